The van der Waals surface area contributed by atoms with Crippen LogP contribution in [0.15, 0.2) is 48.5 Å². The van der Waals surface area contributed by atoms with E-state index in [0.29, 0.717) is 17.0 Å². The third-order valence-corrected chi connectivity index (χ3v) is 2.96. The average Bonchev–Trinajstić information content (AvgIpc) is 2.77. The smallest absolute Gasteiger partial charge is 0.387 e. The Morgan fingerprint density at radius 2 is 1.80 bits per heavy atom. The number of anilines is 1. The summed E-state index contributed by atoms with van der Waals surface area (Å²) in [4.78, 5) is 0. The quantitative estimate of drug-likeness (QED) is 0.932. The Morgan fingerprint density at radius 1 is 1.10 bits per heavy atom. The minimum absolute atomic E-state index is 0.0590. The first kappa shape index (κ1) is 12.7. The lowest BCUT2D eigenvalue weighted by atomic mass is 10.2. The molecule has 0 saturated carbocycles. The van der Waals surface area contributed by atoms with Gasteiger partial charge >= 0.3 is 6.61 Å². The van der Waals surface area contributed by atoms with Crippen LogP contribution in [0.3, 0.4) is 0 Å². The summed E-state index contributed by atoms with van der Waals surface area (Å²) in [6.07, 6.45) is -0.701. The molecule has 1 N–H and O–H groups in total. The molecule has 4 nitrogen and oxygen atoms in total. The zero-order valence-corrected chi connectivity index (χ0v) is 10.2. The highest BCUT2D eigenvalue weighted by Crippen LogP contribution is 2.41. The largest absolute Gasteiger partial charge is 0.462 e. The minimum atomic E-state index is -2.86. The van der Waals surface area contributed by atoms with Gasteiger partial charge in [-0.1, -0.05) is 12.1 Å². The molecule has 0 bridgehead atoms. The van der Waals surface area contributed by atoms with Crippen molar-refractivity contribution < 1.29 is 23.5 Å². The first-order chi connectivity index (χ1) is 9.65. The number of benzene rings is 2. The van der Waals surface area contributed by atoms with Crippen LogP contribution in [0.2, 0.25) is 0 Å². The van der Waals surface area contributed by atoms with Gasteiger partial charge in [-0.3, -0.25) is 5.21 Å². The molecule has 2 aromatic carbocycles. The molecule has 3 rings (SSSR count). The van der Waals surface area contributed by atoms with E-state index in [0.717, 1.165) is 5.06 Å². The Balaban J connectivity index is 1.81. The summed E-state index contributed by atoms with van der Waals surface area (Å²) in [6, 6.07) is 13.0. The number of rotatable bonds is 3. The molecule has 2 aromatic rings. The lowest BCUT2D eigenvalue weighted by molar-refractivity contribution is -0.0498. The first-order valence-electron chi connectivity index (χ1n) is 5.94. The van der Waals surface area contributed by atoms with Crippen LogP contribution >= 0.6 is 0 Å². The van der Waals surface area contributed by atoms with Crippen LogP contribution in [-0.4, -0.2) is 11.8 Å². The molecule has 1 unspecified atom stereocenters. The van der Waals surface area contributed by atoms with E-state index in [1.54, 1.807) is 36.4 Å². The second-order valence-corrected chi connectivity index (χ2v) is 4.23. The lowest BCUT2D eigenvalue weighted by Crippen LogP contribution is -2.23. The van der Waals surface area contributed by atoms with Crippen LogP contribution in [0.4, 0.5) is 14.5 Å². The van der Waals surface area contributed by atoms with Gasteiger partial charge in [0.1, 0.15) is 17.2 Å². The van der Waals surface area contributed by atoms with Crippen molar-refractivity contribution in [2.75, 3.05) is 5.06 Å². The molecule has 104 valence electrons. The highest BCUT2D eigenvalue weighted by Gasteiger charge is 2.30. The van der Waals surface area contributed by atoms with E-state index < -0.39 is 12.8 Å². The van der Waals surface area contributed by atoms with Gasteiger partial charge in [-0.05, 0) is 36.4 Å². The number of para-hydroxylation sites is 2. The molecule has 0 aromatic heterocycles. The fourth-order valence-corrected chi connectivity index (χ4v) is 2.07. The molecular formula is C14H11F2NO3. The molecule has 0 fully saturated rings. The standard InChI is InChI=1S/C14H11F2NO3/c15-14(16)19-10-7-5-9(6-8-10)13-17(18)11-3-1-2-4-12(11)20-13/h1-8,13-14,18H. The maximum absolute atomic E-state index is 12.1. The number of fused-ring (bicyclic) bond motifs is 1. The molecule has 0 spiro atoms. The average molecular weight is 279 g/mol. The van der Waals surface area contributed by atoms with Crippen molar-refractivity contribution in [2.45, 2.75) is 12.8 Å². The number of halogens is 2. The van der Waals surface area contributed by atoms with E-state index in [-0.39, 0.29) is 5.75 Å². The minimum Gasteiger partial charge on any atom is -0.462 e. The van der Waals surface area contributed by atoms with E-state index in [2.05, 4.69) is 4.74 Å². The second-order valence-electron chi connectivity index (χ2n) is 4.23. The van der Waals surface area contributed by atoms with Gasteiger partial charge < -0.3 is 9.47 Å². The number of nitrogens with zero attached hydrogens (tertiary/aromatic N) is 1. The van der Waals surface area contributed by atoms with E-state index in [1.807, 2.05) is 0 Å². The van der Waals surface area contributed by atoms with Crippen LogP contribution in [-0.2, 0) is 0 Å². The number of hydroxylamine groups is 1. The van der Waals surface area contributed by atoms with E-state index >= 15 is 0 Å². The fourth-order valence-electron chi connectivity index (χ4n) is 2.07. The van der Waals surface area contributed by atoms with Gasteiger partial charge in [0.2, 0.25) is 6.23 Å². The Kier molecular flexibility index (Phi) is 3.15. The predicted octanol–water partition coefficient (Wildman–Crippen LogP) is 3.57. The molecular weight excluding hydrogens is 268 g/mol. The van der Waals surface area contributed by atoms with Crippen molar-refractivity contribution >= 4 is 5.69 Å². The maximum atomic E-state index is 12.1. The molecule has 0 saturated heterocycles. The van der Waals surface area contributed by atoms with E-state index in [1.165, 1.54) is 12.1 Å². The molecule has 1 heterocycles. The van der Waals surface area contributed by atoms with Gasteiger partial charge in [0, 0.05) is 5.56 Å². The van der Waals surface area contributed by atoms with Gasteiger partial charge in [-0.25, -0.2) is 5.06 Å². The van der Waals surface area contributed by atoms with Crippen molar-refractivity contribution in [3.63, 3.8) is 0 Å². The molecule has 1 atom stereocenters. The van der Waals surface area contributed by atoms with E-state index in [4.69, 9.17) is 4.74 Å². The molecule has 1 aliphatic heterocycles. The second kappa shape index (κ2) is 4.97. The number of alkyl halides is 2. The number of hydrogen-bond donors (Lipinski definition) is 1. The van der Waals surface area contributed by atoms with Crippen LogP contribution in [0, 0.1) is 0 Å². The summed E-state index contributed by atoms with van der Waals surface area (Å²) in [5.41, 5.74) is 1.19. The highest BCUT2D eigenvalue weighted by atomic mass is 19.3. The summed E-state index contributed by atoms with van der Waals surface area (Å²) in [5, 5.41) is 11.1. The van der Waals surface area contributed by atoms with Gasteiger partial charge in [0.25, 0.3) is 0 Å². The Bertz CT molecular complexity index is 604. The SMILES string of the molecule is ON1c2ccccc2OC1c1ccc(OC(F)F)cc1. The van der Waals surface area contributed by atoms with Gasteiger partial charge in [-0.15, -0.1) is 0 Å². The Labute approximate surface area is 113 Å². The van der Waals surface area contributed by atoms with Crippen molar-refractivity contribution in [1.82, 2.24) is 0 Å². The van der Waals surface area contributed by atoms with Crippen molar-refractivity contribution in [3.8, 4) is 11.5 Å². The Morgan fingerprint density at radius 3 is 2.45 bits per heavy atom. The molecule has 0 radical (unpaired) electrons. The van der Waals surface area contributed by atoms with Crippen molar-refractivity contribution in [2.24, 2.45) is 0 Å². The molecule has 20 heavy (non-hydrogen) atoms. The third kappa shape index (κ3) is 2.25. The molecule has 6 heteroatoms. The zero-order valence-electron chi connectivity index (χ0n) is 10.2. The van der Waals surface area contributed by atoms with Crippen LogP contribution in [0.5, 0.6) is 11.5 Å². The Hall–Kier alpha value is -2.34. The molecule has 0 aliphatic carbocycles. The summed E-state index contributed by atoms with van der Waals surface area (Å²) in [7, 11) is 0. The predicted molar refractivity (Wildman–Crippen MR) is 67.2 cm³/mol. The van der Waals surface area contributed by atoms with Gasteiger partial charge in [0.05, 0.1) is 0 Å². The van der Waals surface area contributed by atoms with Gasteiger partial charge in [-0.2, -0.15) is 8.78 Å². The third-order valence-electron chi connectivity index (χ3n) is 2.96. The normalized spacial score (nSPS) is 17.0. The van der Waals surface area contributed by atoms with Gasteiger partial charge in [0.15, 0.2) is 0 Å². The number of hydrogen-bond acceptors (Lipinski definition) is 4. The molecule has 1 aliphatic rings. The number of ether oxygens (including phenoxy) is 2. The fraction of sp³-hybridized carbons (Fsp3) is 0.143. The lowest BCUT2D eigenvalue weighted by Gasteiger charge is -2.18. The summed E-state index contributed by atoms with van der Waals surface area (Å²) < 4.78 is 34.0. The van der Waals surface area contributed by atoms with Crippen molar-refractivity contribution in [3.05, 3.63) is 54.1 Å². The van der Waals surface area contributed by atoms with Crippen LogP contribution < -0.4 is 14.5 Å². The monoisotopic (exact) mass is 279 g/mol. The van der Waals surface area contributed by atoms with Crippen LogP contribution in [0.1, 0.15) is 11.8 Å². The van der Waals surface area contributed by atoms with Crippen LogP contribution in [0.25, 0.3) is 0 Å². The topological polar surface area (TPSA) is 41.9 Å². The maximum Gasteiger partial charge on any atom is 0.387 e. The first-order valence-corrected chi connectivity index (χ1v) is 5.94. The summed E-state index contributed by atoms with van der Waals surface area (Å²) in [5.74, 6) is 0.622. The molecule has 0 amide bonds. The highest BCUT2D eigenvalue weighted by molar-refractivity contribution is 5.61. The zero-order chi connectivity index (χ0) is 14.1. The van der Waals surface area contributed by atoms with Crippen molar-refractivity contribution in [1.29, 1.82) is 0 Å². The summed E-state index contributed by atoms with van der Waals surface area (Å²) >= 11 is 0. The van der Waals surface area contributed by atoms with E-state index in [9.17, 15) is 14.0 Å². The summed E-state index contributed by atoms with van der Waals surface area (Å²) in [6.45, 7) is -2.86.